The van der Waals surface area contributed by atoms with Crippen molar-refractivity contribution in [2.45, 2.75) is 134 Å². The van der Waals surface area contributed by atoms with Crippen LogP contribution in [0.5, 0.6) is 5.75 Å². The third-order valence-electron chi connectivity index (χ3n) is 8.83. The number of fused-ring (bicyclic) bond motifs is 1. The van der Waals surface area contributed by atoms with E-state index in [1.807, 2.05) is 50.1 Å². The number of benzene rings is 2. The molecule has 2 aromatic rings. The number of carbonyl (C=O) groups is 1. The van der Waals surface area contributed by atoms with Gasteiger partial charge in [-0.1, -0.05) is 121 Å². The monoisotopic (exact) mass is 641 g/mol. The summed E-state index contributed by atoms with van der Waals surface area (Å²) in [5.74, 6) is -0.530. The van der Waals surface area contributed by atoms with Crippen LogP contribution in [0, 0.1) is 0 Å². The van der Waals surface area contributed by atoms with Crippen molar-refractivity contribution in [1.82, 2.24) is 4.83 Å². The van der Waals surface area contributed by atoms with Crippen molar-refractivity contribution in [1.29, 1.82) is 0 Å². The summed E-state index contributed by atoms with van der Waals surface area (Å²) in [6, 6.07) is 11.7. The SMILES string of the molecule is CCCCCCCCCCCCCCCCCCOc1ccc(S(=O)(=O)NN=C2N(C)c3ccccc3C2(C)C)cc1C(=O)O. The number of nitrogens with one attached hydrogen (secondary N) is 1. The number of likely N-dealkylation sites (N-methyl/N-ethyl adjacent to an activating group) is 1. The highest BCUT2D eigenvalue weighted by Crippen LogP contribution is 2.41. The molecule has 0 saturated heterocycles. The Bertz CT molecular complexity index is 1360. The molecule has 1 heterocycles. The highest BCUT2D eigenvalue weighted by atomic mass is 32.2. The smallest absolute Gasteiger partial charge is 0.339 e. The first-order valence-electron chi connectivity index (χ1n) is 17.0. The van der Waals surface area contributed by atoms with Gasteiger partial charge in [0.05, 0.1) is 16.9 Å². The normalized spacial score (nSPS) is 14.9. The molecular weight excluding hydrogens is 586 g/mol. The largest absolute Gasteiger partial charge is 0.493 e. The van der Waals surface area contributed by atoms with Crippen molar-refractivity contribution in [3.8, 4) is 5.75 Å². The minimum atomic E-state index is -4.12. The number of aromatic carboxylic acids is 1. The van der Waals surface area contributed by atoms with Gasteiger partial charge in [0.2, 0.25) is 0 Å². The van der Waals surface area contributed by atoms with Gasteiger partial charge >= 0.3 is 5.97 Å². The molecule has 250 valence electrons. The summed E-state index contributed by atoms with van der Waals surface area (Å²) < 4.78 is 32.0. The first-order chi connectivity index (χ1) is 21.6. The Morgan fingerprint density at radius 3 is 1.91 bits per heavy atom. The molecule has 2 aromatic carbocycles. The summed E-state index contributed by atoms with van der Waals surface area (Å²) in [5, 5.41) is 14.0. The fourth-order valence-electron chi connectivity index (χ4n) is 6.12. The van der Waals surface area contributed by atoms with Crippen LogP contribution in [0.15, 0.2) is 52.5 Å². The van der Waals surface area contributed by atoms with Gasteiger partial charge in [-0.2, -0.15) is 18.4 Å². The molecule has 3 rings (SSSR count). The number of carboxylic acid groups (broad SMARTS) is 1. The minimum Gasteiger partial charge on any atom is -0.493 e. The number of unbranched alkanes of at least 4 members (excludes halogenated alkanes) is 15. The summed E-state index contributed by atoms with van der Waals surface area (Å²) in [7, 11) is -2.28. The van der Waals surface area contributed by atoms with E-state index in [0.29, 0.717) is 12.4 Å². The van der Waals surface area contributed by atoms with E-state index in [1.165, 1.54) is 95.6 Å². The second-order valence-corrected chi connectivity index (χ2v) is 14.5. The van der Waals surface area contributed by atoms with E-state index in [9.17, 15) is 18.3 Å². The minimum absolute atomic E-state index is 0.167. The van der Waals surface area contributed by atoms with Crippen molar-refractivity contribution < 1.29 is 23.1 Å². The van der Waals surface area contributed by atoms with Crippen molar-refractivity contribution in [3.05, 3.63) is 53.6 Å². The number of para-hydroxylation sites is 1. The molecular formula is C36H55N3O5S. The summed E-state index contributed by atoms with van der Waals surface area (Å²) in [4.78, 5) is 16.0. The number of sulfonamides is 1. The van der Waals surface area contributed by atoms with Crippen LogP contribution in [0.25, 0.3) is 0 Å². The van der Waals surface area contributed by atoms with Gasteiger partial charge in [0.15, 0.2) is 0 Å². The highest BCUT2D eigenvalue weighted by Gasteiger charge is 2.40. The average Bonchev–Trinajstić information content (AvgIpc) is 3.21. The van der Waals surface area contributed by atoms with E-state index in [1.54, 1.807) is 0 Å². The maximum Gasteiger partial charge on any atom is 0.339 e. The molecule has 0 fully saturated rings. The molecule has 0 atom stereocenters. The van der Waals surface area contributed by atoms with Gasteiger partial charge < -0.3 is 14.7 Å². The van der Waals surface area contributed by atoms with Crippen molar-refractivity contribution in [3.63, 3.8) is 0 Å². The second kappa shape index (κ2) is 18.2. The molecule has 1 aliphatic rings. The van der Waals surface area contributed by atoms with Crippen LogP contribution in [0.1, 0.15) is 139 Å². The summed E-state index contributed by atoms with van der Waals surface area (Å²) in [5.41, 5.74) is 1.31. The van der Waals surface area contributed by atoms with Crippen LogP contribution in [0.2, 0.25) is 0 Å². The Morgan fingerprint density at radius 1 is 0.844 bits per heavy atom. The number of anilines is 1. The summed E-state index contributed by atoms with van der Waals surface area (Å²) >= 11 is 0. The quantitative estimate of drug-likeness (QED) is 0.0981. The molecule has 45 heavy (non-hydrogen) atoms. The van der Waals surface area contributed by atoms with E-state index in [-0.39, 0.29) is 16.2 Å². The van der Waals surface area contributed by atoms with E-state index >= 15 is 0 Å². The van der Waals surface area contributed by atoms with Gasteiger partial charge in [-0.05, 0) is 50.1 Å². The van der Waals surface area contributed by atoms with Gasteiger partial charge in [-0.25, -0.2) is 4.79 Å². The fourth-order valence-corrected chi connectivity index (χ4v) is 6.95. The number of rotatable bonds is 22. The fraction of sp³-hybridized carbons (Fsp3) is 0.611. The van der Waals surface area contributed by atoms with Crippen molar-refractivity contribution >= 4 is 27.5 Å². The Hall–Kier alpha value is -3.07. The number of hydrogen-bond donors (Lipinski definition) is 2. The number of nitrogens with zero attached hydrogens (tertiary/aromatic N) is 2. The lowest BCUT2D eigenvalue weighted by atomic mass is 9.86. The van der Waals surface area contributed by atoms with Gasteiger partial charge in [-0.15, -0.1) is 0 Å². The predicted octanol–water partition coefficient (Wildman–Crippen LogP) is 9.04. The average molecular weight is 642 g/mol. The highest BCUT2D eigenvalue weighted by molar-refractivity contribution is 7.89. The molecule has 0 aromatic heterocycles. The zero-order chi connectivity index (χ0) is 32.7. The van der Waals surface area contributed by atoms with Gasteiger partial charge in [-0.3, -0.25) is 0 Å². The molecule has 8 nitrogen and oxygen atoms in total. The molecule has 2 N–H and O–H groups in total. The third kappa shape index (κ3) is 10.8. The van der Waals surface area contributed by atoms with Crippen LogP contribution in [-0.4, -0.2) is 39.0 Å². The lowest BCUT2D eigenvalue weighted by Gasteiger charge is -2.22. The standard InChI is InChI=1S/C36H55N3O5S/c1-5-6-7-8-9-10-11-12-13-14-15-16-17-18-19-22-27-44-33-26-25-29(28-30(33)34(40)41)45(42,43)38-37-35-36(2,3)31-23-20-21-24-32(31)39(35)4/h20-21,23-26,28,38H,5-19,22,27H2,1-4H3,(H,40,41). The molecule has 0 amide bonds. The zero-order valence-electron chi connectivity index (χ0n) is 27.9. The number of hydrogen-bond acceptors (Lipinski definition) is 5. The maximum atomic E-state index is 13.1. The Morgan fingerprint density at radius 2 is 1.38 bits per heavy atom. The molecule has 0 spiro atoms. The van der Waals surface area contributed by atoms with Gasteiger partial charge in [0.1, 0.15) is 17.1 Å². The lowest BCUT2D eigenvalue weighted by molar-refractivity contribution is 0.0691. The Kier molecular flexibility index (Phi) is 14.7. The number of carboxylic acids is 1. The zero-order valence-corrected chi connectivity index (χ0v) is 28.8. The van der Waals surface area contributed by atoms with Crippen molar-refractivity contribution in [2.24, 2.45) is 5.10 Å². The summed E-state index contributed by atoms with van der Waals surface area (Å²) in [6.07, 6.45) is 20.5. The summed E-state index contributed by atoms with van der Waals surface area (Å²) in [6.45, 7) is 6.62. The molecule has 0 saturated carbocycles. The van der Waals surface area contributed by atoms with Crippen LogP contribution >= 0.6 is 0 Å². The number of ether oxygens (including phenoxy) is 1. The van der Waals surface area contributed by atoms with Gasteiger partial charge in [0.25, 0.3) is 10.0 Å². The first-order valence-corrected chi connectivity index (χ1v) is 18.5. The lowest BCUT2D eigenvalue weighted by Crippen LogP contribution is -2.36. The van der Waals surface area contributed by atoms with Crippen LogP contribution < -0.4 is 14.5 Å². The van der Waals surface area contributed by atoms with Crippen LogP contribution in [0.4, 0.5) is 5.69 Å². The molecule has 1 aliphatic heterocycles. The van der Waals surface area contributed by atoms with Crippen molar-refractivity contribution in [2.75, 3.05) is 18.6 Å². The number of amidine groups is 1. The van der Waals surface area contributed by atoms with E-state index in [4.69, 9.17) is 4.74 Å². The maximum absolute atomic E-state index is 13.1. The molecule has 9 heteroatoms. The van der Waals surface area contributed by atoms with Crippen LogP contribution in [-0.2, 0) is 15.4 Å². The first kappa shape index (κ1) is 36.4. The second-order valence-electron chi connectivity index (χ2n) is 12.8. The molecule has 0 radical (unpaired) electrons. The Balaban J connectivity index is 1.38. The molecule has 0 unspecified atom stereocenters. The van der Waals surface area contributed by atoms with E-state index in [0.717, 1.165) is 36.6 Å². The topological polar surface area (TPSA) is 108 Å². The van der Waals surface area contributed by atoms with E-state index in [2.05, 4.69) is 16.9 Å². The predicted molar refractivity (Wildman–Crippen MR) is 184 cm³/mol. The van der Waals surface area contributed by atoms with Gasteiger partial charge in [0, 0.05) is 12.7 Å². The molecule has 0 aliphatic carbocycles. The number of hydrazone groups is 1. The van der Waals surface area contributed by atoms with E-state index < -0.39 is 21.4 Å². The third-order valence-corrected chi connectivity index (χ3v) is 10.0. The molecule has 0 bridgehead atoms. The Labute approximate surface area is 271 Å². The van der Waals surface area contributed by atoms with Crippen LogP contribution in [0.3, 0.4) is 0 Å².